The summed E-state index contributed by atoms with van der Waals surface area (Å²) in [7, 11) is 0. The van der Waals surface area contributed by atoms with Crippen molar-refractivity contribution in [3.63, 3.8) is 0 Å². The van der Waals surface area contributed by atoms with Crippen LogP contribution in [0.5, 0.6) is 5.75 Å². The molecule has 1 aromatic carbocycles. The number of carboxylic acid groups (broad SMARTS) is 1. The summed E-state index contributed by atoms with van der Waals surface area (Å²) in [5.41, 5.74) is 0.360. The molecule has 1 amide bonds. The number of carboxylic acids is 1. The number of carbonyl (C=O) groups excluding carboxylic acids is 1. The van der Waals surface area contributed by atoms with Crippen molar-refractivity contribution in [2.24, 2.45) is 0 Å². The molecule has 0 heterocycles. The zero-order valence-corrected chi connectivity index (χ0v) is 11.6. The number of hydrogen-bond donors (Lipinski definition) is 2. The van der Waals surface area contributed by atoms with Crippen LogP contribution in [0.1, 0.15) is 30.6 Å². The van der Waals surface area contributed by atoms with Crippen molar-refractivity contribution in [3.05, 3.63) is 42.5 Å². The molecule has 0 bridgehead atoms. The molecule has 108 valence electrons. The number of ether oxygens (including phenoxy) is 1. The van der Waals surface area contributed by atoms with E-state index in [1.807, 2.05) is 13.8 Å². The molecule has 0 aliphatic heterocycles. The van der Waals surface area contributed by atoms with E-state index in [0.29, 0.717) is 11.3 Å². The molecule has 0 aliphatic carbocycles. The van der Waals surface area contributed by atoms with Crippen LogP contribution in [-0.2, 0) is 4.79 Å². The Balaban J connectivity index is 2.80. The van der Waals surface area contributed by atoms with E-state index in [-0.39, 0.29) is 12.5 Å². The first-order valence-electron chi connectivity index (χ1n) is 6.35. The van der Waals surface area contributed by atoms with Gasteiger partial charge in [-0.15, -0.1) is 6.58 Å². The minimum Gasteiger partial charge on any atom is -0.491 e. The van der Waals surface area contributed by atoms with Gasteiger partial charge < -0.3 is 15.2 Å². The molecular weight excluding hydrogens is 258 g/mol. The van der Waals surface area contributed by atoms with Crippen LogP contribution < -0.4 is 10.1 Å². The highest BCUT2D eigenvalue weighted by Gasteiger charge is 2.19. The monoisotopic (exact) mass is 277 g/mol. The fourth-order valence-electron chi connectivity index (χ4n) is 1.61. The van der Waals surface area contributed by atoms with Gasteiger partial charge in [0.2, 0.25) is 0 Å². The lowest BCUT2D eigenvalue weighted by Crippen LogP contribution is -2.40. The summed E-state index contributed by atoms with van der Waals surface area (Å²) in [6.07, 6.45) is 1.63. The zero-order chi connectivity index (χ0) is 15.1. The number of amides is 1. The number of hydrogen-bond acceptors (Lipinski definition) is 3. The Kier molecular flexibility index (Phi) is 5.77. The molecule has 1 unspecified atom stereocenters. The van der Waals surface area contributed by atoms with Gasteiger partial charge in [0, 0.05) is 5.56 Å². The summed E-state index contributed by atoms with van der Waals surface area (Å²) in [5, 5.41) is 11.4. The molecule has 5 heteroatoms. The highest BCUT2D eigenvalue weighted by Crippen LogP contribution is 2.15. The Morgan fingerprint density at radius 3 is 2.70 bits per heavy atom. The molecule has 0 aliphatic rings. The molecule has 0 saturated carbocycles. The first-order chi connectivity index (χ1) is 9.43. The third-order valence-electron chi connectivity index (χ3n) is 2.47. The smallest absolute Gasteiger partial charge is 0.326 e. The Labute approximate surface area is 118 Å². The summed E-state index contributed by atoms with van der Waals surface area (Å²) < 4.78 is 5.49. The van der Waals surface area contributed by atoms with Gasteiger partial charge in [-0.2, -0.15) is 0 Å². The van der Waals surface area contributed by atoms with E-state index in [2.05, 4.69) is 11.9 Å². The number of nitrogens with one attached hydrogen (secondary N) is 1. The Morgan fingerprint density at radius 1 is 1.45 bits per heavy atom. The molecule has 1 atom stereocenters. The molecule has 0 fully saturated rings. The highest BCUT2D eigenvalue weighted by atomic mass is 16.5. The minimum atomic E-state index is -1.09. The predicted molar refractivity (Wildman–Crippen MR) is 75.9 cm³/mol. The van der Waals surface area contributed by atoms with Crippen molar-refractivity contribution in [3.8, 4) is 5.75 Å². The van der Waals surface area contributed by atoms with Crippen LogP contribution in [0.15, 0.2) is 36.9 Å². The Bertz CT molecular complexity index is 496. The maximum absolute atomic E-state index is 12.0. The van der Waals surface area contributed by atoms with E-state index in [1.165, 1.54) is 6.08 Å². The van der Waals surface area contributed by atoms with Gasteiger partial charge in [0.25, 0.3) is 5.91 Å². The van der Waals surface area contributed by atoms with E-state index in [1.54, 1.807) is 24.3 Å². The van der Waals surface area contributed by atoms with Gasteiger partial charge in [0.05, 0.1) is 6.10 Å². The zero-order valence-electron chi connectivity index (χ0n) is 11.6. The maximum atomic E-state index is 12.0. The maximum Gasteiger partial charge on any atom is 0.326 e. The normalized spacial score (nSPS) is 11.8. The number of aliphatic carboxylic acids is 1. The van der Waals surface area contributed by atoms with Crippen LogP contribution in [0.3, 0.4) is 0 Å². The summed E-state index contributed by atoms with van der Waals surface area (Å²) >= 11 is 0. The molecule has 5 nitrogen and oxygen atoms in total. The van der Waals surface area contributed by atoms with Crippen molar-refractivity contribution in [2.45, 2.75) is 32.4 Å². The van der Waals surface area contributed by atoms with E-state index in [9.17, 15) is 9.59 Å². The third-order valence-corrected chi connectivity index (χ3v) is 2.47. The summed E-state index contributed by atoms with van der Waals surface area (Å²) in [4.78, 5) is 23.0. The summed E-state index contributed by atoms with van der Waals surface area (Å²) in [6.45, 7) is 7.25. The van der Waals surface area contributed by atoms with E-state index in [4.69, 9.17) is 9.84 Å². The molecule has 1 rings (SSSR count). The van der Waals surface area contributed by atoms with Gasteiger partial charge >= 0.3 is 5.97 Å². The second-order valence-electron chi connectivity index (χ2n) is 4.58. The first kappa shape index (κ1) is 15.8. The highest BCUT2D eigenvalue weighted by molar-refractivity contribution is 5.96. The molecule has 0 aromatic heterocycles. The van der Waals surface area contributed by atoms with Crippen LogP contribution in [0.2, 0.25) is 0 Å². The largest absolute Gasteiger partial charge is 0.491 e. The standard InChI is InChI=1S/C15H19NO4/c1-4-6-13(15(18)19)16-14(17)11-7-5-8-12(9-11)20-10(2)3/h4-5,7-10,13H,1,6H2,2-3H3,(H,16,17)(H,18,19). The molecule has 0 radical (unpaired) electrons. The van der Waals surface area contributed by atoms with E-state index >= 15 is 0 Å². The minimum absolute atomic E-state index is 0.000782. The first-order valence-corrected chi connectivity index (χ1v) is 6.35. The van der Waals surface area contributed by atoms with Crippen molar-refractivity contribution in [2.75, 3.05) is 0 Å². The lowest BCUT2D eigenvalue weighted by Gasteiger charge is -2.14. The molecule has 1 aromatic rings. The fraction of sp³-hybridized carbons (Fsp3) is 0.333. The topological polar surface area (TPSA) is 75.6 Å². The van der Waals surface area contributed by atoms with Gasteiger partial charge in [-0.25, -0.2) is 4.79 Å². The van der Waals surface area contributed by atoms with Crippen LogP contribution in [0.25, 0.3) is 0 Å². The van der Waals surface area contributed by atoms with Crippen molar-refractivity contribution in [1.82, 2.24) is 5.32 Å². The second-order valence-corrected chi connectivity index (χ2v) is 4.58. The van der Waals surface area contributed by atoms with E-state index < -0.39 is 17.9 Å². The van der Waals surface area contributed by atoms with Gasteiger partial charge in [0.15, 0.2) is 0 Å². The number of benzene rings is 1. The van der Waals surface area contributed by atoms with Crippen LogP contribution in [0.4, 0.5) is 0 Å². The molecule has 2 N–H and O–H groups in total. The van der Waals surface area contributed by atoms with Crippen LogP contribution in [0, 0.1) is 0 Å². The predicted octanol–water partition coefficient (Wildman–Crippen LogP) is 2.23. The average molecular weight is 277 g/mol. The van der Waals surface area contributed by atoms with Crippen LogP contribution in [-0.4, -0.2) is 29.1 Å². The van der Waals surface area contributed by atoms with Crippen molar-refractivity contribution in [1.29, 1.82) is 0 Å². The Morgan fingerprint density at radius 2 is 2.15 bits per heavy atom. The summed E-state index contributed by atoms with van der Waals surface area (Å²) in [5.74, 6) is -0.968. The lowest BCUT2D eigenvalue weighted by molar-refractivity contribution is -0.139. The van der Waals surface area contributed by atoms with Crippen molar-refractivity contribution < 1.29 is 19.4 Å². The van der Waals surface area contributed by atoms with E-state index in [0.717, 1.165) is 0 Å². The second kappa shape index (κ2) is 7.33. The third kappa shape index (κ3) is 4.76. The van der Waals surface area contributed by atoms with Gasteiger partial charge in [-0.05, 0) is 38.5 Å². The molecule has 0 spiro atoms. The molecular formula is C15H19NO4. The lowest BCUT2D eigenvalue weighted by atomic mass is 10.1. The number of rotatable bonds is 7. The SMILES string of the molecule is C=CCC(NC(=O)c1cccc(OC(C)C)c1)C(=O)O. The molecule has 20 heavy (non-hydrogen) atoms. The number of carbonyl (C=O) groups is 2. The van der Waals surface area contributed by atoms with Crippen LogP contribution >= 0.6 is 0 Å². The molecule has 0 saturated heterocycles. The quantitative estimate of drug-likeness (QED) is 0.749. The van der Waals surface area contributed by atoms with Gasteiger partial charge in [-0.1, -0.05) is 12.1 Å². The van der Waals surface area contributed by atoms with Crippen molar-refractivity contribution >= 4 is 11.9 Å². The Hall–Kier alpha value is -2.30. The summed E-state index contributed by atoms with van der Waals surface area (Å²) in [6, 6.07) is 5.65. The van der Waals surface area contributed by atoms with Gasteiger partial charge in [0.1, 0.15) is 11.8 Å². The average Bonchev–Trinajstić information content (AvgIpc) is 2.37. The van der Waals surface area contributed by atoms with Gasteiger partial charge in [-0.3, -0.25) is 4.79 Å². The fourth-order valence-corrected chi connectivity index (χ4v) is 1.61.